The number of rotatable bonds is 10. The van der Waals surface area contributed by atoms with Gasteiger partial charge in [0.15, 0.2) is 0 Å². The average Bonchev–Trinajstić information content (AvgIpc) is 3.29. The first-order chi connectivity index (χ1) is 15.7. The van der Waals surface area contributed by atoms with Crippen molar-refractivity contribution in [1.29, 1.82) is 5.26 Å². The molecule has 0 aromatic heterocycles. The van der Waals surface area contributed by atoms with Crippen LogP contribution in [0.1, 0.15) is 49.3 Å². The quantitative estimate of drug-likeness (QED) is 0.423. The maximum absolute atomic E-state index is 14.2. The maximum atomic E-state index is 14.2. The second-order valence-electron chi connectivity index (χ2n) is 8.74. The summed E-state index contributed by atoms with van der Waals surface area (Å²) >= 11 is 6.21. The van der Waals surface area contributed by atoms with Gasteiger partial charge in [0.25, 0.3) is 0 Å². The van der Waals surface area contributed by atoms with Gasteiger partial charge in [0.1, 0.15) is 17.7 Å². The van der Waals surface area contributed by atoms with E-state index < -0.39 is 21.7 Å². The summed E-state index contributed by atoms with van der Waals surface area (Å²) in [6, 6.07) is 10.8. The average molecular weight is 495 g/mol. The number of nitrogens with zero attached hydrogens (tertiary/aromatic N) is 2. The molecule has 0 spiro atoms. The predicted octanol–water partition coefficient (Wildman–Crippen LogP) is 5.73. The van der Waals surface area contributed by atoms with Crippen LogP contribution in [-0.4, -0.2) is 31.6 Å². The van der Waals surface area contributed by atoms with Gasteiger partial charge in [0.2, 0.25) is 10.0 Å². The molecule has 8 heteroatoms. The lowest BCUT2D eigenvalue weighted by Gasteiger charge is -2.25. The molecule has 33 heavy (non-hydrogen) atoms. The third-order valence-corrected chi connectivity index (χ3v) is 8.68. The second kappa shape index (κ2) is 11.4. The van der Waals surface area contributed by atoms with Crippen molar-refractivity contribution < 1.29 is 17.2 Å². The Hall–Kier alpha value is -2.01. The molecule has 0 bridgehead atoms. The lowest BCUT2D eigenvalue weighted by Crippen LogP contribution is -2.32. The summed E-state index contributed by atoms with van der Waals surface area (Å²) in [4.78, 5) is 0. The molecule has 1 aliphatic rings. The number of nitriles is 1. The number of halogens is 3. The maximum Gasteiger partial charge on any atom is 0.214 e. The van der Waals surface area contributed by atoms with Gasteiger partial charge in [0.05, 0.1) is 16.3 Å². The zero-order chi connectivity index (χ0) is 24.0. The van der Waals surface area contributed by atoms with Crippen molar-refractivity contribution in [1.82, 2.24) is 4.31 Å². The van der Waals surface area contributed by atoms with E-state index in [1.165, 1.54) is 6.07 Å². The van der Waals surface area contributed by atoms with Crippen LogP contribution in [0.15, 0.2) is 36.4 Å². The Morgan fingerprint density at radius 3 is 2.73 bits per heavy atom. The van der Waals surface area contributed by atoms with Crippen molar-refractivity contribution in [2.45, 2.75) is 45.4 Å². The molecule has 178 valence electrons. The number of benzene rings is 2. The Kier molecular flexibility index (Phi) is 8.86. The second-order valence-corrected chi connectivity index (χ2v) is 11.2. The Labute approximate surface area is 200 Å². The van der Waals surface area contributed by atoms with Gasteiger partial charge in [-0.2, -0.15) is 5.26 Å². The fourth-order valence-corrected chi connectivity index (χ4v) is 6.47. The first-order valence-electron chi connectivity index (χ1n) is 11.3. The van der Waals surface area contributed by atoms with Crippen LogP contribution in [0.25, 0.3) is 0 Å². The van der Waals surface area contributed by atoms with E-state index >= 15 is 0 Å². The van der Waals surface area contributed by atoms with Gasteiger partial charge in [-0.25, -0.2) is 21.5 Å². The van der Waals surface area contributed by atoms with Gasteiger partial charge >= 0.3 is 0 Å². The van der Waals surface area contributed by atoms with Crippen molar-refractivity contribution >= 4 is 21.6 Å². The summed E-state index contributed by atoms with van der Waals surface area (Å²) < 4.78 is 54.8. The standard InChI is InChI=1S/C25H29ClF2N2O2S/c1-2-3-12-33(31,32)30-11-10-22(17-30)19(6-7-20-15-23(27)8-9-25(20)28)13-18-4-5-21(16-29)24(26)14-18/h4-5,8-9,14-15,19,22H,2-3,6-7,10-13,17H2,1H3. The fraction of sp³-hybridized carbons (Fsp3) is 0.480. The van der Waals surface area contributed by atoms with E-state index in [0.29, 0.717) is 54.9 Å². The van der Waals surface area contributed by atoms with Crippen LogP contribution in [0.2, 0.25) is 5.02 Å². The molecule has 0 amide bonds. The first kappa shape index (κ1) is 25.6. The van der Waals surface area contributed by atoms with Crippen LogP contribution in [-0.2, 0) is 22.9 Å². The van der Waals surface area contributed by atoms with Crippen LogP contribution in [0.3, 0.4) is 0 Å². The molecule has 2 aromatic rings. The Morgan fingerprint density at radius 2 is 2.03 bits per heavy atom. The third kappa shape index (κ3) is 6.75. The highest BCUT2D eigenvalue weighted by Crippen LogP contribution is 2.33. The van der Waals surface area contributed by atoms with E-state index in [4.69, 9.17) is 16.9 Å². The van der Waals surface area contributed by atoms with Crippen LogP contribution >= 0.6 is 11.6 Å². The lowest BCUT2D eigenvalue weighted by molar-refractivity contribution is 0.317. The minimum atomic E-state index is -3.29. The van der Waals surface area contributed by atoms with Gasteiger partial charge in [-0.15, -0.1) is 0 Å². The SMILES string of the molecule is CCCCS(=O)(=O)N1CCC(C(CCc2cc(F)ccc2F)Cc2ccc(C#N)c(Cl)c2)C1. The normalized spacial score (nSPS) is 17.7. The van der Waals surface area contributed by atoms with E-state index in [1.807, 2.05) is 19.1 Å². The van der Waals surface area contributed by atoms with Crippen molar-refractivity contribution in [3.8, 4) is 6.07 Å². The topological polar surface area (TPSA) is 61.2 Å². The van der Waals surface area contributed by atoms with E-state index in [0.717, 1.165) is 30.5 Å². The Balaban J connectivity index is 1.78. The summed E-state index contributed by atoms with van der Waals surface area (Å²) in [6.07, 6.45) is 3.75. The summed E-state index contributed by atoms with van der Waals surface area (Å²) in [6.45, 7) is 2.88. The van der Waals surface area contributed by atoms with Crippen molar-refractivity contribution in [3.63, 3.8) is 0 Å². The van der Waals surface area contributed by atoms with Gasteiger partial charge in [-0.1, -0.05) is 31.0 Å². The molecule has 0 N–H and O–H groups in total. The summed E-state index contributed by atoms with van der Waals surface area (Å²) in [5, 5.41) is 9.50. The third-order valence-electron chi connectivity index (χ3n) is 6.45. The molecule has 2 atom stereocenters. The van der Waals surface area contributed by atoms with Gasteiger partial charge in [-0.3, -0.25) is 0 Å². The molecule has 4 nitrogen and oxygen atoms in total. The highest BCUT2D eigenvalue weighted by molar-refractivity contribution is 7.89. The first-order valence-corrected chi connectivity index (χ1v) is 13.3. The van der Waals surface area contributed by atoms with E-state index in [-0.39, 0.29) is 17.6 Å². The largest absolute Gasteiger partial charge is 0.214 e. The van der Waals surface area contributed by atoms with Crippen LogP contribution in [0.4, 0.5) is 8.78 Å². The van der Waals surface area contributed by atoms with Gasteiger partial charge in [0, 0.05) is 13.1 Å². The monoisotopic (exact) mass is 494 g/mol. The molecule has 1 aliphatic heterocycles. The van der Waals surface area contributed by atoms with Crippen LogP contribution in [0.5, 0.6) is 0 Å². The molecule has 0 aliphatic carbocycles. The minimum absolute atomic E-state index is 0.0584. The summed E-state index contributed by atoms with van der Waals surface area (Å²) in [7, 11) is -3.29. The molecule has 0 saturated carbocycles. The molecule has 2 unspecified atom stereocenters. The zero-order valence-electron chi connectivity index (χ0n) is 18.7. The minimum Gasteiger partial charge on any atom is -0.212 e. The number of hydrogen-bond acceptors (Lipinski definition) is 3. The summed E-state index contributed by atoms with van der Waals surface area (Å²) in [5.74, 6) is -0.598. The highest BCUT2D eigenvalue weighted by Gasteiger charge is 2.35. The number of sulfonamides is 1. The molecule has 3 rings (SSSR count). The van der Waals surface area contributed by atoms with Crippen molar-refractivity contribution in [2.75, 3.05) is 18.8 Å². The van der Waals surface area contributed by atoms with Gasteiger partial charge < -0.3 is 0 Å². The molecule has 1 saturated heterocycles. The molecule has 1 heterocycles. The van der Waals surface area contributed by atoms with Gasteiger partial charge in [-0.05, 0) is 85.4 Å². The van der Waals surface area contributed by atoms with E-state index in [2.05, 4.69) is 0 Å². The molecular formula is C25H29ClF2N2O2S. The lowest BCUT2D eigenvalue weighted by atomic mass is 9.82. The fourth-order valence-electron chi connectivity index (χ4n) is 4.51. The molecule has 1 fully saturated rings. The smallest absolute Gasteiger partial charge is 0.212 e. The van der Waals surface area contributed by atoms with Crippen LogP contribution < -0.4 is 0 Å². The van der Waals surface area contributed by atoms with E-state index in [1.54, 1.807) is 16.4 Å². The van der Waals surface area contributed by atoms with Crippen molar-refractivity contribution in [2.24, 2.45) is 11.8 Å². The molecule has 2 aromatic carbocycles. The number of hydrogen-bond donors (Lipinski definition) is 0. The number of unbranched alkanes of at least 4 members (excludes halogenated alkanes) is 1. The zero-order valence-corrected chi connectivity index (χ0v) is 20.3. The Morgan fingerprint density at radius 1 is 1.24 bits per heavy atom. The van der Waals surface area contributed by atoms with E-state index in [9.17, 15) is 17.2 Å². The summed E-state index contributed by atoms with van der Waals surface area (Å²) in [5.41, 5.74) is 1.66. The molecular weight excluding hydrogens is 466 g/mol. The molecule has 0 radical (unpaired) electrons. The Bertz CT molecular complexity index is 1120. The van der Waals surface area contributed by atoms with Crippen LogP contribution in [0, 0.1) is 34.8 Å². The van der Waals surface area contributed by atoms with Crippen molar-refractivity contribution in [3.05, 3.63) is 69.7 Å². The highest BCUT2D eigenvalue weighted by atomic mass is 35.5. The number of aryl methyl sites for hydroxylation is 1. The predicted molar refractivity (Wildman–Crippen MR) is 126 cm³/mol.